The minimum atomic E-state index is -3.73. The fraction of sp³-hybridized carbons (Fsp3) is 0.214. The number of methoxy groups -OCH3 is 2. The number of rotatable bonds is 5. The normalized spacial score (nSPS) is 11.2. The van der Waals surface area contributed by atoms with Gasteiger partial charge >= 0.3 is 0 Å². The van der Waals surface area contributed by atoms with Gasteiger partial charge in [-0.3, -0.25) is 4.98 Å². The van der Waals surface area contributed by atoms with E-state index < -0.39 is 21.4 Å². The van der Waals surface area contributed by atoms with Crippen molar-refractivity contribution in [2.75, 3.05) is 14.2 Å². The summed E-state index contributed by atoms with van der Waals surface area (Å²) in [6.07, 6.45) is 1.43. The number of halogens is 1. The molecule has 0 atom stereocenters. The van der Waals surface area contributed by atoms with Crippen LogP contribution < -0.4 is 9.47 Å². The number of aromatic nitrogens is 1. The van der Waals surface area contributed by atoms with Crippen LogP contribution in [0.15, 0.2) is 41.4 Å². The van der Waals surface area contributed by atoms with E-state index in [4.69, 9.17) is 9.47 Å². The SMILES string of the molecule is COc1ccnc(CS(=O)(=O)c2cccc(F)c2)c1OC. The molecule has 0 saturated heterocycles. The molecule has 0 aliphatic rings. The Morgan fingerprint density at radius 1 is 1.19 bits per heavy atom. The van der Waals surface area contributed by atoms with Crippen LogP contribution >= 0.6 is 0 Å². The van der Waals surface area contributed by atoms with Gasteiger partial charge in [-0.15, -0.1) is 0 Å². The van der Waals surface area contributed by atoms with Crippen LogP contribution in [0.3, 0.4) is 0 Å². The molecule has 7 heteroatoms. The smallest absolute Gasteiger partial charge is 0.184 e. The highest BCUT2D eigenvalue weighted by atomic mass is 32.2. The molecule has 0 radical (unpaired) electrons. The van der Waals surface area contributed by atoms with Crippen molar-refractivity contribution >= 4 is 9.84 Å². The lowest BCUT2D eigenvalue weighted by Gasteiger charge is -2.11. The summed E-state index contributed by atoms with van der Waals surface area (Å²) in [5.41, 5.74) is 0.209. The van der Waals surface area contributed by atoms with Crippen LogP contribution in [-0.2, 0) is 15.6 Å². The van der Waals surface area contributed by atoms with Gasteiger partial charge in [0.05, 0.1) is 19.1 Å². The van der Waals surface area contributed by atoms with Gasteiger partial charge in [-0.2, -0.15) is 0 Å². The third kappa shape index (κ3) is 3.30. The van der Waals surface area contributed by atoms with Crippen LogP contribution in [0.1, 0.15) is 5.69 Å². The zero-order chi connectivity index (χ0) is 15.5. The summed E-state index contributed by atoms with van der Waals surface area (Å²) in [6, 6.07) is 6.41. The zero-order valence-electron chi connectivity index (χ0n) is 11.5. The zero-order valence-corrected chi connectivity index (χ0v) is 12.4. The van der Waals surface area contributed by atoms with Crippen molar-refractivity contribution < 1.29 is 22.3 Å². The highest BCUT2D eigenvalue weighted by Crippen LogP contribution is 2.31. The molecule has 0 bridgehead atoms. The maximum atomic E-state index is 13.2. The highest BCUT2D eigenvalue weighted by Gasteiger charge is 2.21. The highest BCUT2D eigenvalue weighted by molar-refractivity contribution is 7.90. The average Bonchev–Trinajstić information content (AvgIpc) is 2.46. The van der Waals surface area contributed by atoms with Crippen LogP contribution in [0, 0.1) is 5.82 Å². The largest absolute Gasteiger partial charge is 0.493 e. The molecule has 0 saturated carbocycles. The lowest BCUT2D eigenvalue weighted by Crippen LogP contribution is -2.08. The Kier molecular flexibility index (Phi) is 4.42. The van der Waals surface area contributed by atoms with E-state index in [1.54, 1.807) is 6.07 Å². The maximum absolute atomic E-state index is 13.2. The van der Waals surface area contributed by atoms with Gasteiger partial charge in [-0.1, -0.05) is 6.07 Å². The quantitative estimate of drug-likeness (QED) is 0.847. The standard InChI is InChI=1S/C14H14FNO4S/c1-19-13-6-7-16-12(14(13)20-2)9-21(17,18)11-5-3-4-10(15)8-11/h3-8H,9H2,1-2H3. The Hall–Kier alpha value is -2.15. The van der Waals surface area contributed by atoms with Crippen LogP contribution in [-0.4, -0.2) is 27.6 Å². The molecule has 1 heterocycles. The van der Waals surface area contributed by atoms with Crippen molar-refractivity contribution in [2.45, 2.75) is 10.6 Å². The lowest BCUT2D eigenvalue weighted by molar-refractivity contribution is 0.350. The maximum Gasteiger partial charge on any atom is 0.184 e. The minimum Gasteiger partial charge on any atom is -0.493 e. The molecular weight excluding hydrogens is 297 g/mol. The molecule has 21 heavy (non-hydrogen) atoms. The molecule has 0 unspecified atom stereocenters. The van der Waals surface area contributed by atoms with E-state index in [0.29, 0.717) is 5.75 Å². The number of benzene rings is 1. The van der Waals surface area contributed by atoms with Gasteiger partial charge in [0.25, 0.3) is 0 Å². The Labute approximate surface area is 122 Å². The Morgan fingerprint density at radius 3 is 2.57 bits per heavy atom. The van der Waals surface area contributed by atoms with Gasteiger partial charge < -0.3 is 9.47 Å². The summed E-state index contributed by atoms with van der Waals surface area (Å²) in [4.78, 5) is 3.91. The van der Waals surface area contributed by atoms with Crippen molar-refractivity contribution in [1.82, 2.24) is 4.98 Å². The Morgan fingerprint density at radius 2 is 1.95 bits per heavy atom. The summed E-state index contributed by atoms with van der Waals surface area (Å²) >= 11 is 0. The molecule has 0 N–H and O–H groups in total. The first kappa shape index (κ1) is 15.2. The van der Waals surface area contributed by atoms with E-state index in [1.807, 2.05) is 0 Å². The summed E-state index contributed by atoms with van der Waals surface area (Å²) in [7, 11) is -0.884. The van der Waals surface area contributed by atoms with Gasteiger partial charge in [-0.05, 0) is 18.2 Å². The van der Waals surface area contributed by atoms with Crippen molar-refractivity contribution in [2.24, 2.45) is 0 Å². The van der Waals surface area contributed by atoms with E-state index in [1.165, 1.54) is 38.6 Å². The molecular formula is C14H14FNO4S. The number of nitrogens with zero attached hydrogens (tertiary/aromatic N) is 1. The summed E-state index contributed by atoms with van der Waals surface area (Å²) in [5, 5.41) is 0. The average molecular weight is 311 g/mol. The summed E-state index contributed by atoms with van der Waals surface area (Å²) in [5.74, 6) is -0.379. The third-order valence-electron chi connectivity index (χ3n) is 2.85. The van der Waals surface area contributed by atoms with Crippen molar-refractivity contribution in [1.29, 1.82) is 0 Å². The van der Waals surface area contributed by atoms with Crippen molar-refractivity contribution in [3.8, 4) is 11.5 Å². The van der Waals surface area contributed by atoms with Gasteiger partial charge in [0, 0.05) is 12.3 Å². The predicted octanol–water partition coefficient (Wildman–Crippen LogP) is 2.21. The molecule has 0 aliphatic carbocycles. The molecule has 1 aromatic carbocycles. The van der Waals surface area contributed by atoms with Crippen LogP contribution in [0.2, 0.25) is 0 Å². The first-order valence-electron chi connectivity index (χ1n) is 6.02. The monoisotopic (exact) mass is 311 g/mol. The number of hydrogen-bond acceptors (Lipinski definition) is 5. The fourth-order valence-corrected chi connectivity index (χ4v) is 3.19. The van der Waals surface area contributed by atoms with Gasteiger partial charge in [-0.25, -0.2) is 12.8 Å². The third-order valence-corrected chi connectivity index (χ3v) is 4.47. The predicted molar refractivity (Wildman–Crippen MR) is 74.6 cm³/mol. The number of sulfone groups is 1. The Balaban J connectivity index is 2.42. The van der Waals surface area contributed by atoms with Crippen molar-refractivity contribution in [3.05, 3.63) is 48.0 Å². The second-order valence-corrected chi connectivity index (χ2v) is 6.20. The molecule has 0 aliphatic heterocycles. The molecule has 5 nitrogen and oxygen atoms in total. The van der Waals surface area contributed by atoms with E-state index >= 15 is 0 Å². The van der Waals surface area contributed by atoms with Crippen LogP contribution in [0.4, 0.5) is 4.39 Å². The molecule has 0 spiro atoms. The van der Waals surface area contributed by atoms with E-state index in [-0.39, 0.29) is 16.3 Å². The number of hydrogen-bond donors (Lipinski definition) is 0. The van der Waals surface area contributed by atoms with Gasteiger partial charge in [0.1, 0.15) is 17.3 Å². The summed E-state index contributed by atoms with van der Waals surface area (Å²) < 4.78 is 48.1. The number of pyridine rings is 1. The first-order chi connectivity index (χ1) is 9.97. The summed E-state index contributed by atoms with van der Waals surface area (Å²) in [6.45, 7) is 0. The van der Waals surface area contributed by atoms with Gasteiger partial charge in [0.15, 0.2) is 21.3 Å². The van der Waals surface area contributed by atoms with E-state index in [9.17, 15) is 12.8 Å². The van der Waals surface area contributed by atoms with E-state index in [2.05, 4.69) is 4.98 Å². The van der Waals surface area contributed by atoms with Crippen LogP contribution in [0.25, 0.3) is 0 Å². The van der Waals surface area contributed by atoms with Crippen molar-refractivity contribution in [3.63, 3.8) is 0 Å². The van der Waals surface area contributed by atoms with Crippen LogP contribution in [0.5, 0.6) is 11.5 Å². The first-order valence-corrected chi connectivity index (χ1v) is 7.67. The minimum absolute atomic E-state index is 0.103. The van der Waals surface area contributed by atoms with Gasteiger partial charge in [0.2, 0.25) is 0 Å². The lowest BCUT2D eigenvalue weighted by atomic mass is 10.3. The Bertz CT molecular complexity index is 746. The molecule has 2 rings (SSSR count). The molecule has 0 amide bonds. The fourth-order valence-electron chi connectivity index (χ4n) is 1.88. The second kappa shape index (κ2) is 6.09. The number of ether oxygens (including phenoxy) is 2. The van der Waals surface area contributed by atoms with E-state index in [0.717, 1.165) is 6.07 Å². The molecule has 112 valence electrons. The molecule has 0 fully saturated rings. The molecule has 1 aromatic heterocycles. The molecule has 2 aromatic rings. The second-order valence-electron chi connectivity index (χ2n) is 4.21. The topological polar surface area (TPSA) is 65.5 Å².